The SMILES string of the molecule is CN(C)[C@H]1CCc2cc(N)ccc2C1. The van der Waals surface area contributed by atoms with E-state index in [1.165, 1.54) is 30.4 Å². The molecule has 1 atom stereocenters. The number of nitrogens with two attached hydrogens (primary N) is 1. The first-order valence-corrected chi connectivity index (χ1v) is 5.20. The van der Waals surface area contributed by atoms with Crippen molar-refractivity contribution in [2.24, 2.45) is 0 Å². The zero-order valence-electron chi connectivity index (χ0n) is 8.96. The number of fused-ring (bicyclic) bond motifs is 1. The lowest BCUT2D eigenvalue weighted by Gasteiger charge is -2.29. The van der Waals surface area contributed by atoms with E-state index < -0.39 is 0 Å². The third kappa shape index (κ3) is 1.75. The highest BCUT2D eigenvalue weighted by Crippen LogP contribution is 2.25. The van der Waals surface area contributed by atoms with Crippen LogP contribution in [0, 0.1) is 0 Å². The van der Waals surface area contributed by atoms with Crippen LogP contribution in [0.15, 0.2) is 18.2 Å². The Morgan fingerprint density at radius 3 is 2.79 bits per heavy atom. The monoisotopic (exact) mass is 190 g/mol. The van der Waals surface area contributed by atoms with Gasteiger partial charge in [-0.2, -0.15) is 0 Å². The predicted octanol–water partition coefficient (Wildman–Crippen LogP) is 1.69. The normalized spacial score (nSPS) is 20.9. The van der Waals surface area contributed by atoms with Crippen LogP contribution in [0.3, 0.4) is 0 Å². The second kappa shape index (κ2) is 3.62. The summed E-state index contributed by atoms with van der Waals surface area (Å²) in [6.07, 6.45) is 3.59. The van der Waals surface area contributed by atoms with Crippen molar-refractivity contribution in [2.75, 3.05) is 19.8 Å². The Kier molecular flexibility index (Phi) is 2.46. The van der Waals surface area contributed by atoms with Gasteiger partial charge in [-0.3, -0.25) is 0 Å². The molecule has 0 fully saturated rings. The summed E-state index contributed by atoms with van der Waals surface area (Å²) >= 11 is 0. The van der Waals surface area contributed by atoms with Gasteiger partial charge in [-0.05, 0) is 56.6 Å². The van der Waals surface area contributed by atoms with Gasteiger partial charge >= 0.3 is 0 Å². The number of nitrogens with zero attached hydrogens (tertiary/aromatic N) is 1. The van der Waals surface area contributed by atoms with Crippen molar-refractivity contribution >= 4 is 5.69 Å². The molecule has 0 amide bonds. The number of rotatable bonds is 1. The average Bonchev–Trinajstić information content (AvgIpc) is 2.16. The third-order valence-electron chi connectivity index (χ3n) is 3.16. The minimum absolute atomic E-state index is 0.700. The molecule has 1 aliphatic rings. The topological polar surface area (TPSA) is 29.3 Å². The molecule has 0 spiro atoms. The first-order valence-electron chi connectivity index (χ1n) is 5.20. The van der Waals surface area contributed by atoms with E-state index in [0.29, 0.717) is 6.04 Å². The number of hydrogen-bond donors (Lipinski definition) is 1. The molecule has 76 valence electrons. The van der Waals surface area contributed by atoms with Crippen molar-refractivity contribution in [3.05, 3.63) is 29.3 Å². The number of aryl methyl sites for hydroxylation is 1. The Hall–Kier alpha value is -1.02. The maximum Gasteiger partial charge on any atom is 0.0316 e. The number of anilines is 1. The summed E-state index contributed by atoms with van der Waals surface area (Å²) < 4.78 is 0. The molecule has 1 aromatic rings. The van der Waals surface area contributed by atoms with E-state index in [9.17, 15) is 0 Å². The lowest BCUT2D eigenvalue weighted by molar-refractivity contribution is 0.268. The van der Waals surface area contributed by atoms with Crippen LogP contribution in [0.5, 0.6) is 0 Å². The molecule has 0 saturated heterocycles. The second-order valence-electron chi connectivity index (χ2n) is 4.39. The molecule has 1 aromatic carbocycles. The van der Waals surface area contributed by atoms with E-state index in [2.05, 4.69) is 31.1 Å². The Labute approximate surface area is 85.7 Å². The second-order valence-corrected chi connectivity index (χ2v) is 4.39. The van der Waals surface area contributed by atoms with Crippen LogP contribution in [-0.2, 0) is 12.8 Å². The van der Waals surface area contributed by atoms with Gasteiger partial charge in [0, 0.05) is 11.7 Å². The van der Waals surface area contributed by atoms with Gasteiger partial charge in [-0.25, -0.2) is 0 Å². The zero-order valence-corrected chi connectivity index (χ0v) is 8.96. The highest BCUT2D eigenvalue weighted by molar-refractivity contribution is 5.45. The molecule has 2 nitrogen and oxygen atoms in total. The molecule has 0 radical (unpaired) electrons. The fourth-order valence-corrected chi connectivity index (χ4v) is 2.20. The zero-order chi connectivity index (χ0) is 10.1. The Balaban J connectivity index is 2.23. The van der Waals surface area contributed by atoms with E-state index >= 15 is 0 Å². The Bertz CT molecular complexity index is 331. The number of likely N-dealkylation sites (N-methyl/N-ethyl adjacent to an activating group) is 1. The lowest BCUT2D eigenvalue weighted by Crippen LogP contribution is -2.33. The summed E-state index contributed by atoms with van der Waals surface area (Å²) in [6, 6.07) is 7.02. The minimum Gasteiger partial charge on any atom is -0.399 e. The Morgan fingerprint density at radius 1 is 1.29 bits per heavy atom. The van der Waals surface area contributed by atoms with Gasteiger partial charge in [0.2, 0.25) is 0 Å². The van der Waals surface area contributed by atoms with E-state index in [0.717, 1.165) is 5.69 Å². The molecular weight excluding hydrogens is 172 g/mol. The third-order valence-corrected chi connectivity index (χ3v) is 3.16. The summed E-state index contributed by atoms with van der Waals surface area (Å²) in [4.78, 5) is 2.32. The van der Waals surface area contributed by atoms with E-state index in [1.54, 1.807) is 0 Å². The fourth-order valence-electron chi connectivity index (χ4n) is 2.20. The molecule has 2 heteroatoms. The lowest BCUT2D eigenvalue weighted by atomic mass is 9.87. The standard InChI is InChI=1S/C12H18N2/c1-14(2)12-6-4-9-7-11(13)5-3-10(9)8-12/h3,5,7,12H,4,6,8,13H2,1-2H3/t12-/m0/s1. The van der Waals surface area contributed by atoms with Crippen LogP contribution in [0.4, 0.5) is 5.69 Å². The van der Waals surface area contributed by atoms with E-state index in [1.807, 2.05) is 6.07 Å². The van der Waals surface area contributed by atoms with Crippen molar-refractivity contribution in [2.45, 2.75) is 25.3 Å². The number of nitrogen functional groups attached to an aromatic ring is 1. The molecule has 0 bridgehead atoms. The van der Waals surface area contributed by atoms with Crippen LogP contribution in [0.1, 0.15) is 17.5 Å². The molecule has 0 heterocycles. The molecule has 0 aromatic heterocycles. The first kappa shape index (κ1) is 9.53. The first-order chi connectivity index (χ1) is 6.66. The molecule has 14 heavy (non-hydrogen) atoms. The van der Waals surface area contributed by atoms with Crippen LogP contribution in [0.25, 0.3) is 0 Å². The largest absolute Gasteiger partial charge is 0.399 e. The van der Waals surface area contributed by atoms with Gasteiger partial charge in [0.25, 0.3) is 0 Å². The van der Waals surface area contributed by atoms with Crippen LogP contribution in [-0.4, -0.2) is 25.0 Å². The van der Waals surface area contributed by atoms with Gasteiger partial charge in [0.05, 0.1) is 0 Å². The summed E-state index contributed by atoms with van der Waals surface area (Å²) in [5, 5.41) is 0. The predicted molar refractivity (Wildman–Crippen MR) is 60.4 cm³/mol. The van der Waals surface area contributed by atoms with Crippen LogP contribution < -0.4 is 5.73 Å². The summed E-state index contributed by atoms with van der Waals surface area (Å²) in [5.74, 6) is 0. The maximum absolute atomic E-state index is 5.77. The summed E-state index contributed by atoms with van der Waals surface area (Å²) in [6.45, 7) is 0. The smallest absolute Gasteiger partial charge is 0.0316 e. The summed E-state index contributed by atoms with van der Waals surface area (Å²) in [5.41, 5.74) is 9.58. The van der Waals surface area contributed by atoms with Crippen LogP contribution in [0.2, 0.25) is 0 Å². The van der Waals surface area contributed by atoms with Crippen molar-refractivity contribution in [3.8, 4) is 0 Å². The quantitative estimate of drug-likeness (QED) is 0.683. The maximum atomic E-state index is 5.77. The molecule has 2 rings (SSSR count). The molecule has 0 unspecified atom stereocenters. The van der Waals surface area contributed by atoms with Crippen molar-refractivity contribution in [1.29, 1.82) is 0 Å². The van der Waals surface area contributed by atoms with Gasteiger partial charge in [0.1, 0.15) is 0 Å². The molecule has 0 aliphatic heterocycles. The Morgan fingerprint density at radius 2 is 2.07 bits per heavy atom. The van der Waals surface area contributed by atoms with Crippen molar-refractivity contribution in [3.63, 3.8) is 0 Å². The van der Waals surface area contributed by atoms with Crippen LogP contribution >= 0.6 is 0 Å². The highest BCUT2D eigenvalue weighted by atomic mass is 15.1. The van der Waals surface area contributed by atoms with Gasteiger partial charge < -0.3 is 10.6 Å². The molecular formula is C12H18N2. The summed E-state index contributed by atoms with van der Waals surface area (Å²) in [7, 11) is 4.32. The van der Waals surface area contributed by atoms with E-state index in [-0.39, 0.29) is 0 Å². The van der Waals surface area contributed by atoms with Gasteiger partial charge in [-0.1, -0.05) is 6.07 Å². The highest BCUT2D eigenvalue weighted by Gasteiger charge is 2.19. The average molecular weight is 190 g/mol. The van der Waals surface area contributed by atoms with Gasteiger partial charge in [-0.15, -0.1) is 0 Å². The molecule has 2 N–H and O–H groups in total. The van der Waals surface area contributed by atoms with Gasteiger partial charge in [0.15, 0.2) is 0 Å². The minimum atomic E-state index is 0.700. The molecule has 1 aliphatic carbocycles. The van der Waals surface area contributed by atoms with Crippen molar-refractivity contribution in [1.82, 2.24) is 4.90 Å². The number of benzene rings is 1. The molecule has 0 saturated carbocycles. The van der Waals surface area contributed by atoms with E-state index in [4.69, 9.17) is 5.73 Å². The van der Waals surface area contributed by atoms with Crippen molar-refractivity contribution < 1.29 is 0 Å². The number of hydrogen-bond acceptors (Lipinski definition) is 2. The fraction of sp³-hybridized carbons (Fsp3) is 0.500.